The minimum atomic E-state index is -0.710. The second-order valence-corrected chi connectivity index (χ2v) is 3.84. The highest BCUT2D eigenvalue weighted by atomic mass is 19.1. The van der Waals surface area contributed by atoms with Gasteiger partial charge in [0.2, 0.25) is 5.78 Å². The standard InChI is InChI=1S/C13H12F2N2O/c1-2-17-7-6-16-13(17)12(18)8-9-10(14)4-3-5-11(9)15/h3-7H,2,8H2,1H3. The molecule has 0 unspecified atom stereocenters. The van der Waals surface area contributed by atoms with Crippen LogP contribution in [0.4, 0.5) is 8.78 Å². The smallest absolute Gasteiger partial charge is 0.202 e. The lowest BCUT2D eigenvalue weighted by molar-refractivity contribution is 0.0976. The van der Waals surface area contributed by atoms with Crippen molar-refractivity contribution in [2.45, 2.75) is 19.9 Å². The minimum absolute atomic E-state index is 0.215. The van der Waals surface area contributed by atoms with Crippen molar-refractivity contribution in [3.05, 3.63) is 53.6 Å². The van der Waals surface area contributed by atoms with Crippen molar-refractivity contribution in [2.24, 2.45) is 0 Å². The third-order valence-corrected chi connectivity index (χ3v) is 2.70. The van der Waals surface area contributed by atoms with Crippen molar-refractivity contribution in [2.75, 3.05) is 0 Å². The predicted molar refractivity (Wildman–Crippen MR) is 62.3 cm³/mol. The molecule has 18 heavy (non-hydrogen) atoms. The molecule has 0 aliphatic rings. The van der Waals surface area contributed by atoms with E-state index in [-0.39, 0.29) is 17.8 Å². The van der Waals surface area contributed by atoms with E-state index in [2.05, 4.69) is 4.98 Å². The van der Waals surface area contributed by atoms with Crippen LogP contribution in [-0.4, -0.2) is 15.3 Å². The molecule has 0 spiro atoms. The van der Waals surface area contributed by atoms with Crippen LogP contribution in [0.5, 0.6) is 0 Å². The van der Waals surface area contributed by atoms with Gasteiger partial charge in [0.25, 0.3) is 0 Å². The van der Waals surface area contributed by atoms with Gasteiger partial charge in [-0.1, -0.05) is 6.07 Å². The number of carbonyl (C=O) groups is 1. The fourth-order valence-corrected chi connectivity index (χ4v) is 1.76. The van der Waals surface area contributed by atoms with Gasteiger partial charge in [-0.3, -0.25) is 4.79 Å². The van der Waals surface area contributed by atoms with E-state index in [0.717, 1.165) is 12.1 Å². The van der Waals surface area contributed by atoms with Gasteiger partial charge in [0.15, 0.2) is 5.82 Å². The molecule has 3 nitrogen and oxygen atoms in total. The van der Waals surface area contributed by atoms with Crippen LogP contribution in [0.2, 0.25) is 0 Å². The zero-order chi connectivity index (χ0) is 13.1. The monoisotopic (exact) mass is 250 g/mol. The first kappa shape index (κ1) is 12.4. The Bertz CT molecular complexity index is 558. The number of benzene rings is 1. The van der Waals surface area contributed by atoms with E-state index in [4.69, 9.17) is 0 Å². The SMILES string of the molecule is CCn1ccnc1C(=O)Cc1c(F)cccc1F. The number of halogens is 2. The molecule has 0 bridgehead atoms. The van der Waals surface area contributed by atoms with Crippen LogP contribution in [-0.2, 0) is 13.0 Å². The highest BCUT2D eigenvalue weighted by Gasteiger charge is 2.17. The maximum absolute atomic E-state index is 13.4. The predicted octanol–water partition coefficient (Wildman–Crippen LogP) is 2.61. The van der Waals surface area contributed by atoms with Crippen molar-refractivity contribution < 1.29 is 13.6 Å². The van der Waals surface area contributed by atoms with Crippen molar-refractivity contribution in [3.63, 3.8) is 0 Å². The van der Waals surface area contributed by atoms with Crippen LogP contribution in [0.15, 0.2) is 30.6 Å². The van der Waals surface area contributed by atoms with E-state index < -0.39 is 17.4 Å². The number of aryl methyl sites for hydroxylation is 1. The third kappa shape index (κ3) is 2.30. The first-order valence-corrected chi connectivity index (χ1v) is 5.60. The van der Waals surface area contributed by atoms with Crippen molar-refractivity contribution in [1.82, 2.24) is 9.55 Å². The Morgan fingerprint density at radius 1 is 1.33 bits per heavy atom. The number of hydrogen-bond acceptors (Lipinski definition) is 2. The molecule has 94 valence electrons. The summed E-state index contributed by atoms with van der Waals surface area (Å²) in [6, 6.07) is 3.54. The number of imidazole rings is 1. The lowest BCUT2D eigenvalue weighted by Crippen LogP contribution is -2.13. The highest BCUT2D eigenvalue weighted by Crippen LogP contribution is 2.14. The Morgan fingerprint density at radius 3 is 2.61 bits per heavy atom. The van der Waals surface area contributed by atoms with Crippen molar-refractivity contribution in [1.29, 1.82) is 0 Å². The molecule has 0 aliphatic carbocycles. The molecule has 2 rings (SSSR count). The Hall–Kier alpha value is -2.04. The highest BCUT2D eigenvalue weighted by molar-refractivity contribution is 5.94. The number of carbonyl (C=O) groups excluding carboxylic acids is 1. The Labute approximate surface area is 103 Å². The van der Waals surface area contributed by atoms with Crippen LogP contribution < -0.4 is 0 Å². The van der Waals surface area contributed by atoms with Gasteiger partial charge in [0, 0.05) is 30.9 Å². The van der Waals surface area contributed by atoms with E-state index in [0.29, 0.717) is 6.54 Å². The lowest BCUT2D eigenvalue weighted by atomic mass is 10.1. The molecule has 0 N–H and O–H groups in total. The molecule has 1 aromatic heterocycles. The summed E-state index contributed by atoms with van der Waals surface area (Å²) in [5, 5.41) is 0. The van der Waals surface area contributed by atoms with E-state index >= 15 is 0 Å². The summed E-state index contributed by atoms with van der Waals surface area (Å²) in [7, 11) is 0. The number of aromatic nitrogens is 2. The second-order valence-electron chi connectivity index (χ2n) is 3.84. The van der Waals surface area contributed by atoms with Crippen LogP contribution >= 0.6 is 0 Å². The van der Waals surface area contributed by atoms with Gasteiger partial charge in [-0.2, -0.15) is 0 Å². The molecule has 1 aromatic carbocycles. The van der Waals surface area contributed by atoms with E-state index in [1.807, 2.05) is 6.92 Å². The van der Waals surface area contributed by atoms with E-state index in [1.165, 1.54) is 12.3 Å². The van der Waals surface area contributed by atoms with Gasteiger partial charge in [0.05, 0.1) is 0 Å². The Morgan fingerprint density at radius 2 is 2.00 bits per heavy atom. The van der Waals surface area contributed by atoms with Crippen molar-refractivity contribution >= 4 is 5.78 Å². The average Bonchev–Trinajstić information content (AvgIpc) is 2.82. The first-order valence-electron chi connectivity index (χ1n) is 5.60. The molecule has 0 radical (unpaired) electrons. The number of nitrogens with zero attached hydrogens (tertiary/aromatic N) is 2. The quantitative estimate of drug-likeness (QED) is 0.782. The fraction of sp³-hybridized carbons (Fsp3) is 0.231. The number of ketones is 1. The summed E-state index contributed by atoms with van der Waals surface area (Å²) in [4.78, 5) is 15.9. The fourth-order valence-electron chi connectivity index (χ4n) is 1.76. The summed E-state index contributed by atoms with van der Waals surface area (Å²) in [5.74, 6) is -1.60. The average molecular weight is 250 g/mol. The maximum atomic E-state index is 13.4. The second kappa shape index (κ2) is 5.08. The molecule has 0 aliphatic heterocycles. The zero-order valence-electron chi connectivity index (χ0n) is 9.86. The molecule has 0 amide bonds. The van der Waals surface area contributed by atoms with Gasteiger partial charge in [-0.25, -0.2) is 13.8 Å². The van der Waals surface area contributed by atoms with Gasteiger partial charge in [-0.05, 0) is 19.1 Å². The number of Topliss-reactive ketones (excluding diaryl/α,β-unsaturated/α-hetero) is 1. The summed E-state index contributed by atoms with van der Waals surface area (Å²) in [5.41, 5.74) is -0.215. The number of rotatable bonds is 4. The topological polar surface area (TPSA) is 34.9 Å². The summed E-state index contributed by atoms with van der Waals surface area (Å²) in [6.07, 6.45) is 2.83. The van der Waals surface area contributed by atoms with E-state index in [1.54, 1.807) is 10.8 Å². The Balaban J connectivity index is 2.27. The normalized spacial score (nSPS) is 10.6. The van der Waals surface area contributed by atoms with Gasteiger partial charge in [0.1, 0.15) is 11.6 Å². The van der Waals surface area contributed by atoms with Gasteiger partial charge >= 0.3 is 0 Å². The molecular weight excluding hydrogens is 238 g/mol. The minimum Gasteiger partial charge on any atom is -0.329 e. The molecule has 2 aromatic rings. The van der Waals surface area contributed by atoms with Crippen LogP contribution in [0.25, 0.3) is 0 Å². The van der Waals surface area contributed by atoms with Crippen LogP contribution in [0, 0.1) is 11.6 Å². The molecule has 1 heterocycles. The van der Waals surface area contributed by atoms with Gasteiger partial charge < -0.3 is 4.57 Å². The Kier molecular flexibility index (Phi) is 3.50. The van der Waals surface area contributed by atoms with Crippen LogP contribution in [0.3, 0.4) is 0 Å². The lowest BCUT2D eigenvalue weighted by Gasteiger charge is -2.05. The van der Waals surface area contributed by atoms with Crippen molar-refractivity contribution in [3.8, 4) is 0 Å². The van der Waals surface area contributed by atoms with Gasteiger partial charge in [-0.15, -0.1) is 0 Å². The van der Waals surface area contributed by atoms with E-state index in [9.17, 15) is 13.6 Å². The number of hydrogen-bond donors (Lipinski definition) is 0. The van der Waals surface area contributed by atoms with Crippen LogP contribution in [0.1, 0.15) is 23.1 Å². The molecular formula is C13H12F2N2O. The third-order valence-electron chi connectivity index (χ3n) is 2.70. The summed E-state index contributed by atoms with van der Waals surface area (Å²) < 4.78 is 28.5. The molecule has 0 atom stereocenters. The molecule has 0 saturated heterocycles. The summed E-state index contributed by atoms with van der Waals surface area (Å²) in [6.45, 7) is 2.45. The summed E-state index contributed by atoms with van der Waals surface area (Å²) >= 11 is 0. The molecule has 0 saturated carbocycles. The largest absolute Gasteiger partial charge is 0.329 e. The first-order chi connectivity index (χ1) is 8.63. The zero-order valence-corrected chi connectivity index (χ0v) is 9.86. The molecule has 5 heteroatoms. The maximum Gasteiger partial charge on any atom is 0.202 e. The molecule has 0 fully saturated rings.